The van der Waals surface area contributed by atoms with Gasteiger partial charge in [0.25, 0.3) is 0 Å². The monoisotopic (exact) mass is 380 g/mol. The average Bonchev–Trinajstić information content (AvgIpc) is 2.77. The van der Waals surface area contributed by atoms with Crippen LogP contribution >= 0.6 is 0 Å². The summed E-state index contributed by atoms with van der Waals surface area (Å²) >= 11 is 0. The van der Waals surface area contributed by atoms with Gasteiger partial charge in [-0.15, -0.1) is 0 Å². The molecule has 5 heteroatoms. The van der Waals surface area contributed by atoms with Gasteiger partial charge in [0, 0.05) is 32.5 Å². The van der Waals surface area contributed by atoms with Gasteiger partial charge in [0.1, 0.15) is 0 Å². The molecule has 0 unspecified atom stereocenters. The maximum absolute atomic E-state index is 12.5. The Kier molecular flexibility index (Phi) is 7.43. The Balaban J connectivity index is 1.36. The molecule has 28 heavy (non-hydrogen) atoms. The quantitative estimate of drug-likeness (QED) is 0.796. The maximum Gasteiger partial charge on any atom is 0.317 e. The molecule has 0 radical (unpaired) electrons. The second-order valence-electron chi connectivity index (χ2n) is 7.77. The first-order valence-electron chi connectivity index (χ1n) is 10.3. The summed E-state index contributed by atoms with van der Waals surface area (Å²) in [6.07, 6.45) is 6.95. The smallest absolute Gasteiger partial charge is 0.317 e. The van der Waals surface area contributed by atoms with E-state index < -0.39 is 0 Å². The van der Waals surface area contributed by atoms with Crippen molar-refractivity contribution >= 4 is 6.03 Å². The molecule has 1 fully saturated rings. The van der Waals surface area contributed by atoms with E-state index in [1.54, 1.807) is 17.3 Å². The van der Waals surface area contributed by atoms with Crippen LogP contribution in [0.3, 0.4) is 0 Å². The van der Waals surface area contributed by atoms with Crippen LogP contribution in [0.15, 0.2) is 54.9 Å². The molecule has 1 aromatic heterocycles. The Morgan fingerprint density at radius 3 is 2.54 bits per heavy atom. The number of carbonyl (C=O) groups excluding carboxylic acids is 1. The maximum atomic E-state index is 12.5. The molecule has 0 aliphatic carbocycles. The van der Waals surface area contributed by atoms with Crippen LogP contribution in [0.25, 0.3) is 0 Å². The fourth-order valence-corrected chi connectivity index (χ4v) is 3.74. The number of nitrogens with one attached hydrogen (secondary N) is 1. The van der Waals surface area contributed by atoms with Gasteiger partial charge in [0.15, 0.2) is 0 Å². The standard InChI is InChI=1S/C23H32N4O/c1-19(22-8-13-24-14-9-22)26(2)23(28)25-18-21-11-16-27(17-12-21)15-10-20-6-4-3-5-7-20/h3-9,13-14,19,21H,10-12,15-18H2,1-2H3,(H,25,28)/t19-/m0/s1. The number of nitrogens with zero attached hydrogens (tertiary/aromatic N) is 3. The van der Waals surface area contributed by atoms with Crippen molar-refractivity contribution in [3.05, 3.63) is 66.0 Å². The summed E-state index contributed by atoms with van der Waals surface area (Å²) in [5, 5.41) is 3.13. The Morgan fingerprint density at radius 1 is 1.18 bits per heavy atom. The molecule has 1 aromatic carbocycles. The molecule has 0 spiro atoms. The number of amides is 2. The molecule has 150 valence electrons. The zero-order chi connectivity index (χ0) is 19.8. The van der Waals surface area contributed by atoms with Crippen LogP contribution in [0.1, 0.15) is 36.9 Å². The van der Waals surface area contributed by atoms with Crippen LogP contribution in [0.2, 0.25) is 0 Å². The number of piperidine rings is 1. The summed E-state index contributed by atoms with van der Waals surface area (Å²) in [4.78, 5) is 20.9. The van der Waals surface area contributed by atoms with Crippen molar-refractivity contribution in [2.45, 2.75) is 32.2 Å². The third kappa shape index (κ3) is 5.80. The lowest BCUT2D eigenvalue weighted by atomic mass is 9.96. The van der Waals surface area contributed by atoms with Gasteiger partial charge in [-0.05, 0) is 68.5 Å². The molecule has 0 saturated carbocycles. The predicted octanol–water partition coefficient (Wildman–Crippen LogP) is 3.74. The van der Waals surface area contributed by atoms with Crippen LogP contribution in [0.5, 0.6) is 0 Å². The molecule has 1 atom stereocenters. The molecular weight excluding hydrogens is 348 g/mol. The summed E-state index contributed by atoms with van der Waals surface area (Å²) < 4.78 is 0. The number of rotatable bonds is 7. The van der Waals surface area contributed by atoms with Crippen molar-refractivity contribution in [1.29, 1.82) is 0 Å². The van der Waals surface area contributed by atoms with Gasteiger partial charge in [-0.25, -0.2) is 4.79 Å². The second-order valence-corrected chi connectivity index (χ2v) is 7.77. The van der Waals surface area contributed by atoms with Crippen LogP contribution in [0.4, 0.5) is 4.79 Å². The van der Waals surface area contributed by atoms with Crippen molar-refractivity contribution in [3.63, 3.8) is 0 Å². The van der Waals surface area contributed by atoms with Gasteiger partial charge in [-0.2, -0.15) is 0 Å². The van der Waals surface area contributed by atoms with Crippen molar-refractivity contribution in [1.82, 2.24) is 20.1 Å². The fraction of sp³-hybridized carbons (Fsp3) is 0.478. The zero-order valence-electron chi connectivity index (χ0n) is 17.1. The number of benzene rings is 1. The van der Waals surface area contributed by atoms with Crippen LogP contribution in [-0.4, -0.2) is 54.0 Å². The van der Waals surface area contributed by atoms with Gasteiger partial charge < -0.3 is 15.1 Å². The van der Waals surface area contributed by atoms with Crippen molar-refractivity contribution < 1.29 is 4.79 Å². The average molecular weight is 381 g/mol. The van der Waals surface area contributed by atoms with Gasteiger partial charge in [-0.3, -0.25) is 4.98 Å². The van der Waals surface area contributed by atoms with Gasteiger partial charge in [0.05, 0.1) is 6.04 Å². The highest BCUT2D eigenvalue weighted by molar-refractivity contribution is 5.74. The van der Waals surface area contributed by atoms with E-state index in [2.05, 4.69) is 45.5 Å². The van der Waals surface area contributed by atoms with Crippen molar-refractivity contribution in [3.8, 4) is 0 Å². The zero-order valence-corrected chi connectivity index (χ0v) is 17.1. The first kappa shape index (κ1) is 20.3. The minimum absolute atomic E-state index is 0.00387. The van der Waals surface area contributed by atoms with E-state index in [-0.39, 0.29) is 12.1 Å². The molecule has 1 N–H and O–H groups in total. The van der Waals surface area contributed by atoms with E-state index in [1.165, 1.54) is 5.56 Å². The molecule has 2 heterocycles. The summed E-state index contributed by atoms with van der Waals surface area (Å²) in [6, 6.07) is 14.6. The lowest BCUT2D eigenvalue weighted by Crippen LogP contribution is -2.43. The van der Waals surface area contributed by atoms with Gasteiger partial charge >= 0.3 is 6.03 Å². The highest BCUT2D eigenvalue weighted by Gasteiger charge is 2.21. The summed E-state index contributed by atoms with van der Waals surface area (Å²) in [7, 11) is 1.85. The minimum atomic E-state index is -0.00387. The molecular formula is C23H32N4O. The van der Waals surface area contributed by atoms with Crippen LogP contribution in [0, 0.1) is 5.92 Å². The van der Waals surface area contributed by atoms with E-state index >= 15 is 0 Å². The number of hydrogen-bond acceptors (Lipinski definition) is 3. The lowest BCUT2D eigenvalue weighted by Gasteiger charge is -2.33. The van der Waals surface area contributed by atoms with Crippen molar-refractivity contribution in [2.75, 3.05) is 33.2 Å². The van der Waals surface area contributed by atoms with Gasteiger partial charge in [-0.1, -0.05) is 30.3 Å². The first-order valence-corrected chi connectivity index (χ1v) is 10.3. The van der Waals surface area contributed by atoms with E-state index in [0.717, 1.165) is 51.0 Å². The Hall–Kier alpha value is -2.40. The van der Waals surface area contributed by atoms with E-state index in [0.29, 0.717) is 5.92 Å². The third-order valence-corrected chi connectivity index (χ3v) is 5.90. The molecule has 5 nitrogen and oxygen atoms in total. The Morgan fingerprint density at radius 2 is 1.86 bits per heavy atom. The number of hydrogen-bond donors (Lipinski definition) is 1. The minimum Gasteiger partial charge on any atom is -0.338 e. The Labute approximate surface area is 168 Å². The normalized spacial score (nSPS) is 16.5. The second kappa shape index (κ2) is 10.2. The molecule has 2 amide bonds. The topological polar surface area (TPSA) is 48.5 Å². The number of carbonyl (C=O) groups is 1. The summed E-state index contributed by atoms with van der Waals surface area (Å²) in [6.45, 7) is 6.17. The lowest BCUT2D eigenvalue weighted by molar-refractivity contribution is 0.172. The molecule has 0 bridgehead atoms. The summed E-state index contributed by atoms with van der Waals surface area (Å²) in [5.41, 5.74) is 2.50. The number of urea groups is 1. The molecule has 3 rings (SSSR count). The van der Waals surface area contributed by atoms with E-state index in [9.17, 15) is 4.79 Å². The Bertz CT molecular complexity index is 714. The summed E-state index contributed by atoms with van der Waals surface area (Å²) in [5.74, 6) is 0.571. The number of likely N-dealkylation sites (tertiary alicyclic amines) is 1. The van der Waals surface area contributed by atoms with Gasteiger partial charge in [0.2, 0.25) is 0 Å². The molecule has 2 aromatic rings. The third-order valence-electron chi connectivity index (χ3n) is 5.90. The predicted molar refractivity (Wildman–Crippen MR) is 113 cm³/mol. The molecule has 1 aliphatic heterocycles. The number of pyridine rings is 1. The molecule has 1 aliphatic rings. The fourth-order valence-electron chi connectivity index (χ4n) is 3.74. The first-order chi connectivity index (χ1) is 13.6. The van der Waals surface area contributed by atoms with Crippen LogP contribution < -0.4 is 5.32 Å². The highest BCUT2D eigenvalue weighted by Crippen LogP contribution is 2.19. The van der Waals surface area contributed by atoms with E-state index in [1.807, 2.05) is 26.1 Å². The van der Waals surface area contributed by atoms with E-state index in [4.69, 9.17) is 0 Å². The SMILES string of the molecule is C[C@@H](c1ccncc1)N(C)C(=O)NCC1CCN(CCc2ccccc2)CC1. The van der Waals surface area contributed by atoms with Crippen LogP contribution in [-0.2, 0) is 6.42 Å². The largest absolute Gasteiger partial charge is 0.338 e. The highest BCUT2D eigenvalue weighted by atomic mass is 16.2. The van der Waals surface area contributed by atoms with Crippen molar-refractivity contribution in [2.24, 2.45) is 5.92 Å². The number of aromatic nitrogens is 1. The molecule has 1 saturated heterocycles.